The number of hydrogen-bond acceptors (Lipinski definition) is 6. The van der Waals surface area contributed by atoms with Gasteiger partial charge in [-0.05, 0) is 28.8 Å². The number of aliphatic hydroxyl groups excluding tert-OH is 2. The quantitative estimate of drug-likeness (QED) is 0.457. The summed E-state index contributed by atoms with van der Waals surface area (Å²) in [6.07, 6.45) is -3.94. The van der Waals surface area contributed by atoms with Gasteiger partial charge in [0.2, 0.25) is 0 Å². The van der Waals surface area contributed by atoms with Gasteiger partial charge in [0.25, 0.3) is 0 Å². The molecule has 4 rings (SSSR count). The summed E-state index contributed by atoms with van der Waals surface area (Å²) >= 11 is 0. The molecule has 2 N–H and O–H groups in total. The smallest absolute Gasteiger partial charge is 0.118 e. The molecule has 1 fully saturated rings. The lowest BCUT2D eigenvalue weighted by molar-refractivity contribution is -0.246. The number of ether oxygens (including phenoxy) is 4. The Bertz CT molecular complexity index is 953. The molecule has 6 nitrogen and oxygen atoms in total. The Balaban J connectivity index is 1.54. The predicted molar refractivity (Wildman–Crippen MR) is 133 cm³/mol. The number of hydrogen-bond donors (Lipinski definition) is 2. The van der Waals surface area contributed by atoms with Gasteiger partial charge in [-0.25, -0.2) is 0 Å². The highest BCUT2D eigenvalue weighted by atomic mass is 16.6. The van der Waals surface area contributed by atoms with Crippen LogP contribution in [0.2, 0.25) is 0 Å². The number of rotatable bonds is 10. The third kappa shape index (κ3) is 6.48. The van der Waals surface area contributed by atoms with Crippen LogP contribution in [0.3, 0.4) is 0 Å². The van der Waals surface area contributed by atoms with E-state index in [4.69, 9.17) is 18.9 Å². The SMILES string of the molecule is COc1ccc(COC2C(OCc3ccccc3)[C@@H](C)C(O)[C@@H](O)[C@H]2OCc2ccccc2)cc1. The van der Waals surface area contributed by atoms with E-state index in [-0.39, 0.29) is 12.5 Å². The maximum atomic E-state index is 11.0. The van der Waals surface area contributed by atoms with Crippen LogP contribution in [0.25, 0.3) is 0 Å². The normalized spacial score (nSPS) is 26.4. The fourth-order valence-corrected chi connectivity index (χ4v) is 4.46. The Morgan fingerprint density at radius 1 is 0.571 bits per heavy atom. The van der Waals surface area contributed by atoms with Crippen molar-refractivity contribution < 1.29 is 29.2 Å². The van der Waals surface area contributed by atoms with E-state index in [0.29, 0.717) is 13.2 Å². The molecular formula is C29H34O6. The predicted octanol–water partition coefficient (Wildman–Crippen LogP) is 4.12. The van der Waals surface area contributed by atoms with Crippen LogP contribution in [-0.2, 0) is 34.0 Å². The molecule has 6 atom stereocenters. The summed E-state index contributed by atoms with van der Waals surface area (Å²) in [4.78, 5) is 0. The molecule has 0 saturated heterocycles. The topological polar surface area (TPSA) is 77.4 Å². The number of aliphatic hydroxyl groups is 2. The molecule has 3 aromatic rings. The van der Waals surface area contributed by atoms with E-state index in [9.17, 15) is 10.2 Å². The average Bonchev–Trinajstić information content (AvgIpc) is 2.91. The second-order valence-electron chi connectivity index (χ2n) is 8.99. The van der Waals surface area contributed by atoms with Crippen molar-refractivity contribution in [2.75, 3.05) is 7.11 Å². The zero-order valence-corrected chi connectivity index (χ0v) is 20.2. The van der Waals surface area contributed by atoms with Gasteiger partial charge in [0, 0.05) is 5.92 Å². The van der Waals surface area contributed by atoms with E-state index in [0.717, 1.165) is 22.4 Å². The molecule has 1 aliphatic rings. The summed E-state index contributed by atoms with van der Waals surface area (Å²) in [5.41, 5.74) is 2.96. The Labute approximate surface area is 207 Å². The van der Waals surface area contributed by atoms with Gasteiger partial charge in [0.15, 0.2) is 0 Å². The first-order valence-electron chi connectivity index (χ1n) is 12.0. The summed E-state index contributed by atoms with van der Waals surface area (Å²) in [5, 5.41) is 21.9. The molecule has 0 aromatic heterocycles. The van der Waals surface area contributed by atoms with Crippen molar-refractivity contribution in [3.05, 3.63) is 102 Å². The molecule has 3 unspecified atom stereocenters. The standard InChI is InChI=1S/C29H34O6/c1-20-25(30)26(31)28(34-18-22-11-7-4-8-12-22)29(27(20)33-17-21-9-5-3-6-10-21)35-19-23-13-15-24(32-2)16-14-23/h3-16,20,25-31H,17-19H2,1-2H3/t20-,25?,26+,27?,28+,29?/m0/s1. The lowest BCUT2D eigenvalue weighted by Crippen LogP contribution is -2.62. The van der Waals surface area contributed by atoms with Crippen molar-refractivity contribution in [1.29, 1.82) is 0 Å². The molecule has 0 aliphatic heterocycles. The fraction of sp³-hybridized carbons (Fsp3) is 0.379. The molecule has 3 aromatic carbocycles. The van der Waals surface area contributed by atoms with Gasteiger partial charge in [-0.1, -0.05) is 79.7 Å². The van der Waals surface area contributed by atoms with E-state index in [1.807, 2.05) is 91.9 Å². The van der Waals surface area contributed by atoms with Crippen molar-refractivity contribution in [1.82, 2.24) is 0 Å². The number of benzene rings is 3. The molecule has 186 valence electrons. The van der Waals surface area contributed by atoms with Crippen molar-refractivity contribution in [3.63, 3.8) is 0 Å². The Kier molecular flexibility index (Phi) is 8.90. The third-order valence-corrected chi connectivity index (χ3v) is 6.56. The van der Waals surface area contributed by atoms with E-state index in [1.54, 1.807) is 7.11 Å². The molecule has 0 spiro atoms. The summed E-state index contributed by atoms with van der Waals surface area (Å²) in [6, 6.07) is 27.3. The van der Waals surface area contributed by atoms with Crippen LogP contribution in [0.4, 0.5) is 0 Å². The van der Waals surface area contributed by atoms with Gasteiger partial charge in [0.1, 0.15) is 24.1 Å². The Morgan fingerprint density at radius 3 is 1.54 bits per heavy atom. The number of methoxy groups -OCH3 is 1. The first kappa shape index (κ1) is 25.4. The van der Waals surface area contributed by atoms with Crippen molar-refractivity contribution in [2.45, 2.75) is 57.3 Å². The molecule has 1 aliphatic carbocycles. The Morgan fingerprint density at radius 2 is 1.03 bits per heavy atom. The molecule has 1 saturated carbocycles. The van der Waals surface area contributed by atoms with E-state index in [2.05, 4.69) is 0 Å². The molecule has 0 radical (unpaired) electrons. The minimum atomic E-state index is -1.11. The zero-order chi connectivity index (χ0) is 24.6. The van der Waals surface area contributed by atoms with Crippen LogP contribution in [0, 0.1) is 5.92 Å². The third-order valence-electron chi connectivity index (χ3n) is 6.56. The van der Waals surface area contributed by atoms with E-state index in [1.165, 1.54) is 0 Å². The molecule has 35 heavy (non-hydrogen) atoms. The first-order chi connectivity index (χ1) is 17.1. The largest absolute Gasteiger partial charge is 0.497 e. The van der Waals surface area contributed by atoms with E-state index >= 15 is 0 Å². The molecule has 0 heterocycles. The average molecular weight is 479 g/mol. The van der Waals surface area contributed by atoms with Crippen LogP contribution in [0.5, 0.6) is 5.75 Å². The van der Waals surface area contributed by atoms with Gasteiger partial charge in [-0.3, -0.25) is 0 Å². The van der Waals surface area contributed by atoms with Gasteiger partial charge >= 0.3 is 0 Å². The highest BCUT2D eigenvalue weighted by Gasteiger charge is 2.50. The lowest BCUT2D eigenvalue weighted by atomic mass is 9.79. The maximum Gasteiger partial charge on any atom is 0.118 e. The summed E-state index contributed by atoms with van der Waals surface area (Å²) in [5.74, 6) is 0.415. The van der Waals surface area contributed by atoms with Gasteiger partial charge < -0.3 is 29.2 Å². The van der Waals surface area contributed by atoms with Crippen LogP contribution in [0.15, 0.2) is 84.9 Å². The maximum absolute atomic E-state index is 11.0. The van der Waals surface area contributed by atoms with Crippen LogP contribution in [0.1, 0.15) is 23.6 Å². The fourth-order valence-electron chi connectivity index (χ4n) is 4.46. The van der Waals surface area contributed by atoms with Crippen molar-refractivity contribution in [2.24, 2.45) is 5.92 Å². The monoisotopic (exact) mass is 478 g/mol. The minimum absolute atomic E-state index is 0.289. The van der Waals surface area contributed by atoms with Gasteiger partial charge in [0.05, 0.1) is 39.1 Å². The highest BCUT2D eigenvalue weighted by molar-refractivity contribution is 5.26. The lowest BCUT2D eigenvalue weighted by Gasteiger charge is -2.46. The van der Waals surface area contributed by atoms with E-state index < -0.39 is 30.5 Å². The second-order valence-corrected chi connectivity index (χ2v) is 8.99. The molecule has 0 amide bonds. The zero-order valence-electron chi connectivity index (χ0n) is 20.2. The van der Waals surface area contributed by atoms with Crippen LogP contribution >= 0.6 is 0 Å². The highest BCUT2D eigenvalue weighted by Crippen LogP contribution is 2.34. The van der Waals surface area contributed by atoms with Gasteiger partial charge in [-0.15, -0.1) is 0 Å². The summed E-state index contributed by atoms with van der Waals surface area (Å²) < 4.78 is 24.1. The Hall–Kier alpha value is -2.74. The minimum Gasteiger partial charge on any atom is -0.497 e. The van der Waals surface area contributed by atoms with Gasteiger partial charge in [-0.2, -0.15) is 0 Å². The second kappa shape index (κ2) is 12.3. The molecule has 6 heteroatoms. The first-order valence-corrected chi connectivity index (χ1v) is 12.0. The van der Waals surface area contributed by atoms with Crippen LogP contribution < -0.4 is 4.74 Å². The van der Waals surface area contributed by atoms with Crippen molar-refractivity contribution in [3.8, 4) is 5.75 Å². The summed E-state index contributed by atoms with van der Waals surface area (Å²) in [6.45, 7) is 2.84. The summed E-state index contributed by atoms with van der Waals surface area (Å²) in [7, 11) is 1.63. The van der Waals surface area contributed by atoms with Crippen molar-refractivity contribution >= 4 is 0 Å². The molecular weight excluding hydrogens is 444 g/mol. The molecule has 0 bridgehead atoms. The van der Waals surface area contributed by atoms with Crippen LogP contribution in [-0.4, -0.2) is 47.8 Å².